The molecule has 1 aliphatic rings. The molecule has 2 aromatic carbocycles. The van der Waals surface area contributed by atoms with Crippen LogP contribution in [0, 0.1) is 6.92 Å². The molecular formula is C21H22N4O3. The monoisotopic (exact) mass is 378 g/mol. The maximum absolute atomic E-state index is 12.8. The van der Waals surface area contributed by atoms with E-state index in [2.05, 4.69) is 10.5 Å². The van der Waals surface area contributed by atoms with Crippen LogP contribution in [0.5, 0.6) is 0 Å². The van der Waals surface area contributed by atoms with Crippen molar-refractivity contribution in [1.29, 1.82) is 0 Å². The molecule has 144 valence electrons. The molecule has 0 radical (unpaired) electrons. The van der Waals surface area contributed by atoms with Crippen LogP contribution in [0.15, 0.2) is 53.1 Å². The highest BCUT2D eigenvalue weighted by Crippen LogP contribution is 2.17. The molecule has 0 saturated carbocycles. The summed E-state index contributed by atoms with van der Waals surface area (Å²) in [6.07, 6.45) is 0. The lowest BCUT2D eigenvalue weighted by Gasteiger charge is -2.34. The van der Waals surface area contributed by atoms with Crippen LogP contribution in [0.3, 0.4) is 0 Å². The highest BCUT2D eigenvalue weighted by molar-refractivity contribution is 5.98. The number of aryl methyl sites for hydroxylation is 1. The van der Waals surface area contributed by atoms with Gasteiger partial charge in [-0.15, -0.1) is 0 Å². The Labute approximate surface area is 162 Å². The second-order valence-corrected chi connectivity index (χ2v) is 7.00. The van der Waals surface area contributed by atoms with E-state index in [4.69, 9.17) is 4.52 Å². The van der Waals surface area contributed by atoms with Crippen LogP contribution in [0.2, 0.25) is 0 Å². The quantitative estimate of drug-likeness (QED) is 0.755. The van der Waals surface area contributed by atoms with E-state index in [0.29, 0.717) is 43.3 Å². The van der Waals surface area contributed by atoms with Crippen LogP contribution in [0.4, 0.5) is 5.82 Å². The van der Waals surface area contributed by atoms with Crippen molar-refractivity contribution < 1.29 is 14.1 Å². The second-order valence-electron chi connectivity index (χ2n) is 7.00. The van der Waals surface area contributed by atoms with E-state index in [1.165, 1.54) is 0 Å². The standard InChI is InChI=1S/C21H22N4O3/c1-15-12-19(23-28-15)22-20(26)14-24-8-10-25(11-9-24)21(27)18-7-6-16-4-2-3-5-17(16)13-18/h2-7,12-13H,8-11,14H2,1H3,(H,22,23,26). The van der Waals surface area contributed by atoms with E-state index < -0.39 is 0 Å². The van der Waals surface area contributed by atoms with Gasteiger partial charge in [-0.2, -0.15) is 0 Å². The first-order valence-electron chi connectivity index (χ1n) is 9.32. The molecular weight excluding hydrogens is 356 g/mol. The fourth-order valence-corrected chi connectivity index (χ4v) is 3.42. The Hall–Kier alpha value is -3.19. The number of anilines is 1. The molecule has 3 aromatic rings. The van der Waals surface area contributed by atoms with Gasteiger partial charge in [0.25, 0.3) is 5.91 Å². The highest BCUT2D eigenvalue weighted by Gasteiger charge is 2.23. The predicted molar refractivity (Wildman–Crippen MR) is 106 cm³/mol. The molecule has 1 aromatic heterocycles. The molecule has 7 nitrogen and oxygen atoms in total. The van der Waals surface area contributed by atoms with E-state index in [1.54, 1.807) is 13.0 Å². The molecule has 1 saturated heterocycles. The Morgan fingerprint density at radius 3 is 2.50 bits per heavy atom. The summed E-state index contributed by atoms with van der Waals surface area (Å²) in [6.45, 7) is 4.55. The van der Waals surface area contributed by atoms with Crippen molar-refractivity contribution in [2.24, 2.45) is 0 Å². The number of hydrogen-bond donors (Lipinski definition) is 1. The number of hydrogen-bond acceptors (Lipinski definition) is 5. The van der Waals surface area contributed by atoms with Crippen molar-refractivity contribution in [1.82, 2.24) is 15.0 Å². The summed E-state index contributed by atoms with van der Waals surface area (Å²) < 4.78 is 4.94. The topological polar surface area (TPSA) is 78.7 Å². The summed E-state index contributed by atoms with van der Waals surface area (Å²) in [5.74, 6) is 0.972. The van der Waals surface area contributed by atoms with Crippen molar-refractivity contribution in [2.75, 3.05) is 38.0 Å². The van der Waals surface area contributed by atoms with Crippen molar-refractivity contribution in [3.8, 4) is 0 Å². The normalized spacial score (nSPS) is 15.0. The molecule has 1 fully saturated rings. The maximum Gasteiger partial charge on any atom is 0.253 e. The third kappa shape index (κ3) is 4.04. The van der Waals surface area contributed by atoms with Gasteiger partial charge >= 0.3 is 0 Å². The van der Waals surface area contributed by atoms with Gasteiger partial charge in [-0.05, 0) is 29.8 Å². The number of amides is 2. The lowest BCUT2D eigenvalue weighted by Crippen LogP contribution is -2.50. The average Bonchev–Trinajstić information content (AvgIpc) is 3.12. The maximum atomic E-state index is 12.8. The number of rotatable bonds is 4. The van der Waals surface area contributed by atoms with Gasteiger partial charge in [0.2, 0.25) is 5.91 Å². The van der Waals surface area contributed by atoms with Gasteiger partial charge in [0.15, 0.2) is 5.82 Å². The first kappa shape index (κ1) is 18.2. The number of carbonyl (C=O) groups is 2. The molecule has 2 amide bonds. The largest absolute Gasteiger partial charge is 0.360 e. The third-order valence-corrected chi connectivity index (χ3v) is 4.92. The molecule has 2 heterocycles. The summed E-state index contributed by atoms with van der Waals surface area (Å²) in [7, 11) is 0. The van der Waals surface area contributed by atoms with E-state index in [1.807, 2.05) is 52.3 Å². The molecule has 1 N–H and O–H groups in total. The number of aromatic nitrogens is 1. The fourth-order valence-electron chi connectivity index (χ4n) is 3.42. The third-order valence-electron chi connectivity index (χ3n) is 4.92. The minimum atomic E-state index is -0.136. The predicted octanol–water partition coefficient (Wildman–Crippen LogP) is 2.53. The Morgan fingerprint density at radius 1 is 1.04 bits per heavy atom. The number of carbonyl (C=O) groups excluding carboxylic acids is 2. The molecule has 0 aliphatic carbocycles. The molecule has 0 atom stereocenters. The molecule has 0 spiro atoms. The lowest BCUT2D eigenvalue weighted by atomic mass is 10.1. The fraction of sp³-hybridized carbons (Fsp3) is 0.286. The first-order valence-corrected chi connectivity index (χ1v) is 9.32. The van der Waals surface area contributed by atoms with Gasteiger partial charge in [0.05, 0.1) is 6.54 Å². The van der Waals surface area contributed by atoms with Gasteiger partial charge in [-0.25, -0.2) is 0 Å². The van der Waals surface area contributed by atoms with E-state index >= 15 is 0 Å². The van der Waals surface area contributed by atoms with Crippen molar-refractivity contribution in [2.45, 2.75) is 6.92 Å². The average molecular weight is 378 g/mol. The van der Waals surface area contributed by atoms with Crippen molar-refractivity contribution in [3.63, 3.8) is 0 Å². The van der Waals surface area contributed by atoms with Crippen LogP contribution >= 0.6 is 0 Å². The van der Waals surface area contributed by atoms with Gasteiger partial charge in [0, 0.05) is 37.8 Å². The summed E-state index contributed by atoms with van der Waals surface area (Å²) in [4.78, 5) is 28.8. The van der Waals surface area contributed by atoms with Gasteiger partial charge in [-0.3, -0.25) is 14.5 Å². The number of nitrogens with one attached hydrogen (secondary N) is 1. The van der Waals surface area contributed by atoms with E-state index in [-0.39, 0.29) is 18.4 Å². The SMILES string of the molecule is Cc1cc(NC(=O)CN2CCN(C(=O)c3ccc4ccccc4c3)CC2)no1. The summed E-state index contributed by atoms with van der Waals surface area (Å²) in [6, 6.07) is 15.5. The molecule has 4 rings (SSSR count). The zero-order valence-electron chi connectivity index (χ0n) is 15.7. The number of benzene rings is 2. The van der Waals surface area contributed by atoms with Crippen LogP contribution in [0.1, 0.15) is 16.1 Å². The number of nitrogens with zero attached hydrogens (tertiary/aromatic N) is 3. The molecule has 0 bridgehead atoms. The Bertz CT molecular complexity index is 1010. The van der Waals surface area contributed by atoms with Gasteiger partial charge in [-0.1, -0.05) is 35.5 Å². The zero-order chi connectivity index (χ0) is 19.5. The second kappa shape index (κ2) is 7.82. The van der Waals surface area contributed by atoms with E-state index in [9.17, 15) is 9.59 Å². The minimum absolute atomic E-state index is 0.0351. The first-order chi connectivity index (χ1) is 13.6. The van der Waals surface area contributed by atoms with E-state index in [0.717, 1.165) is 10.8 Å². The summed E-state index contributed by atoms with van der Waals surface area (Å²) in [5.41, 5.74) is 0.700. The number of piperazine rings is 1. The Morgan fingerprint density at radius 2 is 1.79 bits per heavy atom. The smallest absolute Gasteiger partial charge is 0.253 e. The van der Waals surface area contributed by atoms with Gasteiger partial charge < -0.3 is 14.7 Å². The molecule has 28 heavy (non-hydrogen) atoms. The number of fused-ring (bicyclic) bond motifs is 1. The Kier molecular flexibility index (Phi) is 5.08. The van der Waals surface area contributed by atoms with Gasteiger partial charge in [0.1, 0.15) is 5.76 Å². The summed E-state index contributed by atoms with van der Waals surface area (Å²) in [5, 5.41) is 8.67. The molecule has 1 aliphatic heterocycles. The lowest BCUT2D eigenvalue weighted by molar-refractivity contribution is -0.117. The van der Waals surface area contributed by atoms with Crippen molar-refractivity contribution in [3.05, 3.63) is 59.9 Å². The van der Waals surface area contributed by atoms with Crippen LogP contribution in [0.25, 0.3) is 10.8 Å². The van der Waals surface area contributed by atoms with Crippen LogP contribution in [-0.4, -0.2) is 59.5 Å². The van der Waals surface area contributed by atoms with Crippen molar-refractivity contribution >= 4 is 28.4 Å². The van der Waals surface area contributed by atoms with Crippen LogP contribution < -0.4 is 5.32 Å². The summed E-state index contributed by atoms with van der Waals surface area (Å²) >= 11 is 0. The van der Waals surface area contributed by atoms with Crippen LogP contribution in [-0.2, 0) is 4.79 Å². The Balaban J connectivity index is 1.31. The zero-order valence-corrected chi connectivity index (χ0v) is 15.7. The molecule has 7 heteroatoms. The highest BCUT2D eigenvalue weighted by atomic mass is 16.5. The molecule has 0 unspecified atom stereocenters. The minimum Gasteiger partial charge on any atom is -0.360 e.